The number of aromatic nitrogens is 1. The van der Waals surface area contributed by atoms with Gasteiger partial charge in [0.25, 0.3) is 5.91 Å². The van der Waals surface area contributed by atoms with Crippen LogP contribution in [-0.4, -0.2) is 30.7 Å². The maximum Gasteiger partial charge on any atom is 0.257 e. The van der Waals surface area contributed by atoms with Gasteiger partial charge in [0, 0.05) is 5.56 Å². The van der Waals surface area contributed by atoms with Crippen molar-refractivity contribution in [3.8, 4) is 17.2 Å². The van der Waals surface area contributed by atoms with E-state index < -0.39 is 0 Å². The summed E-state index contributed by atoms with van der Waals surface area (Å²) in [6.07, 6.45) is 0. The number of para-hydroxylation sites is 1. The molecule has 1 heterocycles. The Morgan fingerprint density at radius 1 is 1.04 bits per heavy atom. The number of anilines is 1. The summed E-state index contributed by atoms with van der Waals surface area (Å²) in [5.74, 6) is 1.21. The van der Waals surface area contributed by atoms with Crippen molar-refractivity contribution in [3.05, 3.63) is 41.5 Å². The van der Waals surface area contributed by atoms with Crippen LogP contribution in [0.4, 0.5) is 5.13 Å². The highest BCUT2D eigenvalue weighted by atomic mass is 32.1. The average molecular weight is 401 g/mol. The van der Waals surface area contributed by atoms with E-state index in [1.807, 2.05) is 45.9 Å². The van der Waals surface area contributed by atoms with Gasteiger partial charge in [-0.05, 0) is 51.5 Å². The zero-order chi connectivity index (χ0) is 20.1. The standard InChI is InChI=1S/C21H24N2O4S/c1-5-25-15-11-14(12-16(26-6-2)19(15)27-7-3)20(24)23-21-22-18-13(4)9-8-10-17(18)28-21/h8-12H,5-7H2,1-4H3,(H,22,23,24). The molecule has 0 aliphatic carbocycles. The summed E-state index contributed by atoms with van der Waals surface area (Å²) >= 11 is 1.44. The molecular weight excluding hydrogens is 376 g/mol. The molecule has 28 heavy (non-hydrogen) atoms. The summed E-state index contributed by atoms with van der Waals surface area (Å²) in [5.41, 5.74) is 2.40. The fourth-order valence-electron chi connectivity index (χ4n) is 2.83. The molecule has 3 rings (SSSR count). The van der Waals surface area contributed by atoms with Crippen molar-refractivity contribution in [2.24, 2.45) is 0 Å². The van der Waals surface area contributed by atoms with Crippen molar-refractivity contribution in [3.63, 3.8) is 0 Å². The predicted molar refractivity (Wildman–Crippen MR) is 112 cm³/mol. The fourth-order valence-corrected chi connectivity index (χ4v) is 3.77. The normalized spacial score (nSPS) is 10.7. The van der Waals surface area contributed by atoms with E-state index in [2.05, 4.69) is 10.3 Å². The van der Waals surface area contributed by atoms with Gasteiger partial charge < -0.3 is 14.2 Å². The van der Waals surface area contributed by atoms with Gasteiger partial charge in [-0.1, -0.05) is 23.5 Å². The summed E-state index contributed by atoms with van der Waals surface area (Å²) in [4.78, 5) is 17.4. The van der Waals surface area contributed by atoms with Gasteiger partial charge in [-0.25, -0.2) is 4.98 Å². The third kappa shape index (κ3) is 4.20. The first-order valence-electron chi connectivity index (χ1n) is 9.31. The van der Waals surface area contributed by atoms with Crippen LogP contribution >= 0.6 is 11.3 Å². The van der Waals surface area contributed by atoms with Crippen LogP contribution in [0, 0.1) is 6.92 Å². The molecule has 0 saturated carbocycles. The largest absolute Gasteiger partial charge is 0.490 e. The van der Waals surface area contributed by atoms with Crippen molar-refractivity contribution in [1.29, 1.82) is 0 Å². The first kappa shape index (κ1) is 19.9. The number of thiazole rings is 1. The van der Waals surface area contributed by atoms with Crippen molar-refractivity contribution < 1.29 is 19.0 Å². The number of carbonyl (C=O) groups excluding carboxylic acids is 1. The van der Waals surface area contributed by atoms with Crippen LogP contribution in [0.1, 0.15) is 36.7 Å². The molecule has 0 aliphatic heterocycles. The number of fused-ring (bicyclic) bond motifs is 1. The Labute approximate surface area is 168 Å². The van der Waals surface area contributed by atoms with Gasteiger partial charge in [-0.3, -0.25) is 10.1 Å². The molecule has 2 aromatic carbocycles. The minimum absolute atomic E-state index is 0.276. The number of ether oxygens (including phenoxy) is 3. The third-order valence-electron chi connectivity index (χ3n) is 4.01. The lowest BCUT2D eigenvalue weighted by Crippen LogP contribution is -2.13. The van der Waals surface area contributed by atoms with Crippen LogP contribution in [0.3, 0.4) is 0 Å². The second-order valence-corrected chi connectivity index (χ2v) is 7.03. The lowest BCUT2D eigenvalue weighted by Gasteiger charge is -2.16. The number of carbonyl (C=O) groups is 1. The Morgan fingerprint density at radius 2 is 1.68 bits per heavy atom. The lowest BCUT2D eigenvalue weighted by molar-refractivity contribution is 0.102. The van der Waals surface area contributed by atoms with Crippen LogP contribution in [0.25, 0.3) is 10.2 Å². The third-order valence-corrected chi connectivity index (χ3v) is 4.95. The predicted octanol–water partition coefficient (Wildman–Crippen LogP) is 5.05. The van der Waals surface area contributed by atoms with Crippen LogP contribution in [-0.2, 0) is 0 Å². The molecule has 1 amide bonds. The molecule has 0 unspecified atom stereocenters. The maximum atomic E-state index is 12.9. The molecule has 3 aromatic rings. The number of hydrogen-bond acceptors (Lipinski definition) is 6. The Kier molecular flexibility index (Phi) is 6.36. The Balaban J connectivity index is 1.93. The fraction of sp³-hybridized carbons (Fsp3) is 0.333. The summed E-state index contributed by atoms with van der Waals surface area (Å²) in [6.45, 7) is 9.03. The van der Waals surface area contributed by atoms with Gasteiger partial charge in [0.2, 0.25) is 5.75 Å². The van der Waals surface area contributed by atoms with Crippen LogP contribution in [0.15, 0.2) is 30.3 Å². The molecular formula is C21H24N2O4S. The molecule has 7 heteroatoms. The number of benzene rings is 2. The van der Waals surface area contributed by atoms with Crippen molar-refractivity contribution in [1.82, 2.24) is 4.98 Å². The van der Waals surface area contributed by atoms with Crippen molar-refractivity contribution >= 4 is 32.6 Å². The van der Waals surface area contributed by atoms with Crippen molar-refractivity contribution in [2.45, 2.75) is 27.7 Å². The van der Waals surface area contributed by atoms with Gasteiger partial charge in [0.1, 0.15) is 0 Å². The van der Waals surface area contributed by atoms with E-state index in [4.69, 9.17) is 14.2 Å². The molecule has 0 bridgehead atoms. The minimum atomic E-state index is -0.276. The first-order valence-corrected chi connectivity index (χ1v) is 10.1. The van der Waals surface area contributed by atoms with E-state index >= 15 is 0 Å². The summed E-state index contributed by atoms with van der Waals surface area (Å²) in [6, 6.07) is 9.32. The number of nitrogens with zero attached hydrogens (tertiary/aromatic N) is 1. The Hall–Kier alpha value is -2.80. The molecule has 0 aliphatic rings. The molecule has 6 nitrogen and oxygen atoms in total. The second kappa shape index (κ2) is 8.93. The van der Waals surface area contributed by atoms with Gasteiger partial charge in [0.05, 0.1) is 30.0 Å². The second-order valence-electron chi connectivity index (χ2n) is 6.00. The lowest BCUT2D eigenvalue weighted by atomic mass is 10.1. The van der Waals surface area contributed by atoms with E-state index in [0.29, 0.717) is 47.8 Å². The monoisotopic (exact) mass is 400 g/mol. The van der Waals surface area contributed by atoms with Crippen LogP contribution in [0.5, 0.6) is 17.2 Å². The van der Waals surface area contributed by atoms with Crippen LogP contribution < -0.4 is 19.5 Å². The number of rotatable bonds is 8. The molecule has 0 radical (unpaired) electrons. The highest BCUT2D eigenvalue weighted by molar-refractivity contribution is 7.22. The van der Waals surface area contributed by atoms with E-state index in [-0.39, 0.29) is 5.91 Å². The Morgan fingerprint density at radius 3 is 2.25 bits per heavy atom. The topological polar surface area (TPSA) is 69.7 Å². The number of amides is 1. The molecule has 0 spiro atoms. The molecule has 148 valence electrons. The Bertz CT molecular complexity index is 957. The summed E-state index contributed by atoms with van der Waals surface area (Å²) in [7, 11) is 0. The molecule has 1 aromatic heterocycles. The number of aryl methyl sites for hydroxylation is 1. The quantitative estimate of drug-likeness (QED) is 0.573. The molecule has 1 N–H and O–H groups in total. The zero-order valence-electron chi connectivity index (χ0n) is 16.5. The van der Waals surface area contributed by atoms with Gasteiger partial charge in [-0.15, -0.1) is 0 Å². The minimum Gasteiger partial charge on any atom is -0.490 e. The van der Waals surface area contributed by atoms with Crippen molar-refractivity contribution in [2.75, 3.05) is 25.1 Å². The van der Waals surface area contributed by atoms with Gasteiger partial charge in [0.15, 0.2) is 16.6 Å². The first-order chi connectivity index (χ1) is 13.6. The number of nitrogens with one attached hydrogen (secondary N) is 1. The van der Waals surface area contributed by atoms with Crippen LogP contribution in [0.2, 0.25) is 0 Å². The average Bonchev–Trinajstić information content (AvgIpc) is 3.08. The zero-order valence-corrected chi connectivity index (χ0v) is 17.3. The smallest absolute Gasteiger partial charge is 0.257 e. The summed E-state index contributed by atoms with van der Waals surface area (Å²) in [5, 5.41) is 3.44. The van der Waals surface area contributed by atoms with Gasteiger partial charge >= 0.3 is 0 Å². The van der Waals surface area contributed by atoms with E-state index in [1.54, 1.807) is 12.1 Å². The molecule has 0 saturated heterocycles. The van der Waals surface area contributed by atoms with E-state index in [0.717, 1.165) is 15.8 Å². The number of hydrogen-bond donors (Lipinski definition) is 1. The van der Waals surface area contributed by atoms with E-state index in [9.17, 15) is 4.79 Å². The highest BCUT2D eigenvalue weighted by Crippen LogP contribution is 2.39. The van der Waals surface area contributed by atoms with Gasteiger partial charge in [-0.2, -0.15) is 0 Å². The SMILES string of the molecule is CCOc1cc(C(=O)Nc2nc3c(C)cccc3s2)cc(OCC)c1OCC. The molecule has 0 atom stereocenters. The highest BCUT2D eigenvalue weighted by Gasteiger charge is 2.19. The summed E-state index contributed by atoms with van der Waals surface area (Å²) < 4.78 is 18.1. The van der Waals surface area contributed by atoms with E-state index in [1.165, 1.54) is 11.3 Å². The maximum absolute atomic E-state index is 12.9. The molecule has 0 fully saturated rings.